The molecule has 1 fully saturated rings. The monoisotopic (exact) mass is 107 g/mol. The van der Waals surface area contributed by atoms with Crippen molar-refractivity contribution < 1.29 is 13.6 Å². The zero-order chi connectivity index (χ0) is 4.41. The molecular formula is C2H4O3P. The Hall–Kier alpha value is 0.0200. The molecule has 0 spiro atoms. The first-order valence-electron chi connectivity index (χ1n) is 1.63. The highest BCUT2D eigenvalue weighted by atomic mass is 31.1. The second kappa shape index (κ2) is 1.65. The third-order valence-electron chi connectivity index (χ3n) is 0.477. The van der Waals surface area contributed by atoms with Crippen LogP contribution in [0.25, 0.3) is 0 Å². The summed E-state index contributed by atoms with van der Waals surface area (Å²) >= 11 is 0. The minimum Gasteiger partial charge on any atom is -0.280 e. The molecule has 0 aromatic heterocycles. The summed E-state index contributed by atoms with van der Waals surface area (Å²) in [5.74, 6) is 0. The van der Waals surface area contributed by atoms with E-state index in [0.717, 1.165) is 0 Å². The minimum absolute atomic E-state index is 0.481. The lowest BCUT2D eigenvalue weighted by atomic mass is 10.8. The molecule has 1 saturated heterocycles. The van der Waals surface area contributed by atoms with Gasteiger partial charge in [0.1, 0.15) is 0 Å². The van der Waals surface area contributed by atoms with Crippen molar-refractivity contribution in [2.24, 2.45) is 0 Å². The van der Waals surface area contributed by atoms with Gasteiger partial charge < -0.3 is 0 Å². The van der Waals surface area contributed by atoms with Crippen molar-refractivity contribution in [1.29, 1.82) is 0 Å². The van der Waals surface area contributed by atoms with Crippen molar-refractivity contribution in [1.82, 2.24) is 0 Å². The Bertz CT molecular complexity index is 63.2. The van der Waals surface area contributed by atoms with E-state index >= 15 is 0 Å². The van der Waals surface area contributed by atoms with Gasteiger partial charge in [0.05, 0.1) is 13.2 Å². The summed E-state index contributed by atoms with van der Waals surface area (Å²) in [6.45, 7) is 0.963. The Kier molecular flexibility index (Phi) is 1.15. The maximum Gasteiger partial charge on any atom is 0.368 e. The molecule has 1 aliphatic rings. The standard InChI is InChI=1S/C2H4O3P/c3-6-4-1-2-5-6/h1-2H2. The summed E-state index contributed by atoms with van der Waals surface area (Å²) in [6, 6.07) is 0. The van der Waals surface area contributed by atoms with Gasteiger partial charge in [0.25, 0.3) is 0 Å². The molecule has 6 heavy (non-hydrogen) atoms. The molecule has 35 valence electrons. The summed E-state index contributed by atoms with van der Waals surface area (Å²) in [6.07, 6.45) is 0. The summed E-state index contributed by atoms with van der Waals surface area (Å²) in [4.78, 5) is 0. The molecule has 0 unspecified atom stereocenters. The van der Waals surface area contributed by atoms with Gasteiger partial charge in [-0.05, 0) is 0 Å². The van der Waals surface area contributed by atoms with Crippen LogP contribution in [0.15, 0.2) is 0 Å². The van der Waals surface area contributed by atoms with Gasteiger partial charge >= 0.3 is 8.25 Å². The van der Waals surface area contributed by atoms with E-state index in [2.05, 4.69) is 9.05 Å². The number of rotatable bonds is 0. The van der Waals surface area contributed by atoms with Gasteiger partial charge in [0, 0.05) is 0 Å². The maximum atomic E-state index is 9.95. The van der Waals surface area contributed by atoms with Gasteiger partial charge in [0.15, 0.2) is 0 Å². The molecule has 0 atom stereocenters. The first kappa shape index (κ1) is 4.19. The zero-order valence-corrected chi connectivity index (χ0v) is 3.98. The Morgan fingerprint density at radius 2 is 1.83 bits per heavy atom. The van der Waals surface area contributed by atoms with E-state index in [1.165, 1.54) is 0 Å². The molecule has 0 aliphatic carbocycles. The van der Waals surface area contributed by atoms with Gasteiger partial charge in [-0.15, -0.1) is 0 Å². The van der Waals surface area contributed by atoms with Gasteiger partial charge in [-0.2, -0.15) is 0 Å². The number of hydrogen-bond acceptors (Lipinski definition) is 3. The highest BCUT2D eigenvalue weighted by Gasteiger charge is 2.08. The van der Waals surface area contributed by atoms with Crippen LogP contribution < -0.4 is 0 Å². The van der Waals surface area contributed by atoms with E-state index < -0.39 is 8.25 Å². The van der Waals surface area contributed by atoms with E-state index in [9.17, 15) is 4.57 Å². The average molecular weight is 107 g/mol. The van der Waals surface area contributed by atoms with Crippen molar-refractivity contribution >= 4 is 8.25 Å². The second-order valence-electron chi connectivity index (χ2n) is 0.890. The molecular weight excluding hydrogens is 103 g/mol. The van der Waals surface area contributed by atoms with Crippen molar-refractivity contribution in [2.75, 3.05) is 13.2 Å². The lowest BCUT2D eigenvalue weighted by Gasteiger charge is -1.75. The van der Waals surface area contributed by atoms with Crippen LogP contribution >= 0.6 is 8.25 Å². The van der Waals surface area contributed by atoms with Crippen molar-refractivity contribution in [3.8, 4) is 0 Å². The molecule has 1 heterocycles. The van der Waals surface area contributed by atoms with Gasteiger partial charge in [-0.1, -0.05) is 0 Å². The zero-order valence-electron chi connectivity index (χ0n) is 3.09. The summed E-state index contributed by atoms with van der Waals surface area (Å²) in [5, 5.41) is 0. The normalized spacial score (nSPS) is 22.3. The molecule has 1 rings (SSSR count). The Labute approximate surface area is 36.2 Å². The van der Waals surface area contributed by atoms with Crippen LogP contribution in [-0.4, -0.2) is 13.2 Å². The Morgan fingerprint density at radius 1 is 1.33 bits per heavy atom. The fourth-order valence-corrected chi connectivity index (χ4v) is 0.783. The van der Waals surface area contributed by atoms with Gasteiger partial charge in [-0.25, -0.2) is 4.57 Å². The second-order valence-corrected chi connectivity index (χ2v) is 1.85. The first-order chi connectivity index (χ1) is 2.89. The molecule has 0 aromatic rings. The van der Waals surface area contributed by atoms with Crippen LogP contribution in [0.3, 0.4) is 0 Å². The lowest BCUT2D eigenvalue weighted by molar-refractivity contribution is 0.365. The topological polar surface area (TPSA) is 35.5 Å². The van der Waals surface area contributed by atoms with E-state index in [1.54, 1.807) is 0 Å². The summed E-state index contributed by atoms with van der Waals surface area (Å²) < 4.78 is 18.8. The SMILES string of the molecule is O=[P]1OCCO1. The van der Waals surface area contributed by atoms with Crippen LogP contribution in [0.1, 0.15) is 0 Å². The van der Waals surface area contributed by atoms with Crippen LogP contribution in [0.4, 0.5) is 0 Å². The number of hydrogen-bond donors (Lipinski definition) is 0. The molecule has 0 saturated carbocycles. The molecule has 3 nitrogen and oxygen atoms in total. The van der Waals surface area contributed by atoms with Crippen LogP contribution in [0.5, 0.6) is 0 Å². The van der Waals surface area contributed by atoms with E-state index in [-0.39, 0.29) is 0 Å². The maximum absolute atomic E-state index is 9.95. The van der Waals surface area contributed by atoms with Gasteiger partial charge in [0.2, 0.25) is 0 Å². The molecule has 4 heteroatoms. The Morgan fingerprint density at radius 3 is 2.00 bits per heavy atom. The lowest BCUT2D eigenvalue weighted by Crippen LogP contribution is -1.79. The fourth-order valence-electron chi connectivity index (χ4n) is 0.261. The van der Waals surface area contributed by atoms with Crippen molar-refractivity contribution in [3.63, 3.8) is 0 Å². The Balaban J connectivity index is 2.37. The highest BCUT2D eigenvalue weighted by Crippen LogP contribution is 2.27. The predicted molar refractivity (Wildman–Crippen MR) is 19.5 cm³/mol. The van der Waals surface area contributed by atoms with Crippen LogP contribution in [0.2, 0.25) is 0 Å². The molecule has 0 amide bonds. The highest BCUT2D eigenvalue weighted by molar-refractivity contribution is 7.33. The predicted octanol–water partition coefficient (Wildman–Crippen LogP) is 0.691. The van der Waals surface area contributed by atoms with Gasteiger partial charge in [-0.3, -0.25) is 9.05 Å². The molecule has 0 aromatic carbocycles. The minimum atomic E-state index is -1.72. The molecule has 1 radical (unpaired) electrons. The van der Waals surface area contributed by atoms with Crippen LogP contribution in [-0.2, 0) is 13.6 Å². The third kappa shape index (κ3) is 0.744. The van der Waals surface area contributed by atoms with E-state index in [4.69, 9.17) is 0 Å². The van der Waals surface area contributed by atoms with Crippen molar-refractivity contribution in [2.45, 2.75) is 0 Å². The average Bonchev–Trinajstić information content (AvgIpc) is 1.86. The summed E-state index contributed by atoms with van der Waals surface area (Å²) in [7, 11) is -1.72. The third-order valence-corrected chi connectivity index (χ3v) is 1.26. The first-order valence-corrected chi connectivity index (χ1v) is 2.72. The molecule has 0 bridgehead atoms. The fraction of sp³-hybridized carbons (Fsp3) is 1.00. The molecule has 0 N–H and O–H groups in total. The van der Waals surface area contributed by atoms with E-state index in [1.807, 2.05) is 0 Å². The van der Waals surface area contributed by atoms with E-state index in [0.29, 0.717) is 13.2 Å². The van der Waals surface area contributed by atoms with Crippen molar-refractivity contribution in [3.05, 3.63) is 0 Å². The van der Waals surface area contributed by atoms with Crippen LogP contribution in [0, 0.1) is 0 Å². The summed E-state index contributed by atoms with van der Waals surface area (Å²) in [5.41, 5.74) is 0. The largest absolute Gasteiger partial charge is 0.368 e. The smallest absolute Gasteiger partial charge is 0.280 e. The molecule has 1 aliphatic heterocycles. The quantitative estimate of drug-likeness (QED) is 0.427.